The number of rotatable bonds is 6. The Morgan fingerprint density at radius 3 is 2.23 bits per heavy atom. The summed E-state index contributed by atoms with van der Waals surface area (Å²) < 4.78 is 13.3. The van der Waals surface area contributed by atoms with Gasteiger partial charge in [0.15, 0.2) is 0 Å². The normalized spacial score (nSPS) is 13.0. The molecule has 1 heterocycles. The monoisotopic (exact) mass is 431 g/mol. The lowest BCUT2D eigenvalue weighted by atomic mass is 10.1. The molecule has 2 unspecified atom stereocenters. The van der Waals surface area contributed by atoms with Gasteiger partial charge in [-0.2, -0.15) is 0 Å². The third-order valence-corrected chi connectivity index (χ3v) is 6.18. The van der Waals surface area contributed by atoms with E-state index in [1.807, 2.05) is 68.4 Å². The van der Waals surface area contributed by atoms with Crippen molar-refractivity contribution in [2.24, 2.45) is 0 Å². The van der Waals surface area contributed by atoms with Crippen LogP contribution in [0, 0.1) is 5.82 Å². The van der Waals surface area contributed by atoms with Crippen LogP contribution in [0.25, 0.3) is 22.0 Å². The molecule has 0 aliphatic heterocycles. The number of thioether (sulfide) groups is 1. The first kappa shape index (κ1) is 21.0. The third-order valence-electron chi connectivity index (χ3n) is 5.09. The lowest BCUT2D eigenvalue weighted by Crippen LogP contribution is -2.33. The Morgan fingerprint density at radius 2 is 1.52 bits per heavy atom. The molecule has 31 heavy (non-hydrogen) atoms. The van der Waals surface area contributed by atoms with Crippen molar-refractivity contribution in [2.45, 2.75) is 30.2 Å². The molecule has 0 bridgehead atoms. The van der Waals surface area contributed by atoms with Crippen LogP contribution in [-0.2, 0) is 4.79 Å². The van der Waals surface area contributed by atoms with Gasteiger partial charge in [0, 0.05) is 16.3 Å². The van der Waals surface area contributed by atoms with Crippen molar-refractivity contribution in [3.8, 4) is 11.3 Å². The molecule has 1 amide bonds. The Hall–Kier alpha value is -3.25. The lowest BCUT2D eigenvalue weighted by molar-refractivity contribution is -0.120. The predicted octanol–water partition coefficient (Wildman–Crippen LogP) is 5.79. The van der Waals surface area contributed by atoms with E-state index in [0.717, 1.165) is 21.9 Å². The quantitative estimate of drug-likeness (QED) is 0.392. The summed E-state index contributed by atoms with van der Waals surface area (Å²) in [5.41, 5.74) is 2.54. The summed E-state index contributed by atoms with van der Waals surface area (Å²) in [4.78, 5) is 12.8. The average molecular weight is 432 g/mol. The van der Waals surface area contributed by atoms with E-state index in [2.05, 4.69) is 15.5 Å². The van der Waals surface area contributed by atoms with Gasteiger partial charge in [0.25, 0.3) is 0 Å². The summed E-state index contributed by atoms with van der Waals surface area (Å²) in [5.74, 6) is -0.354. The molecule has 1 aromatic heterocycles. The highest BCUT2D eigenvalue weighted by Gasteiger charge is 2.20. The van der Waals surface area contributed by atoms with Crippen molar-refractivity contribution < 1.29 is 9.18 Å². The van der Waals surface area contributed by atoms with Gasteiger partial charge in [0.05, 0.1) is 11.3 Å². The molecule has 0 fully saturated rings. The fraction of sp³-hybridized carbons (Fsp3) is 0.160. The summed E-state index contributed by atoms with van der Waals surface area (Å²) in [6, 6.07) is 23.8. The minimum Gasteiger partial charge on any atom is -0.349 e. The largest absolute Gasteiger partial charge is 0.349 e. The minimum absolute atomic E-state index is 0.0603. The van der Waals surface area contributed by atoms with Crippen LogP contribution in [0.4, 0.5) is 4.39 Å². The number of carbonyl (C=O) groups excluding carboxylic acids is 1. The van der Waals surface area contributed by atoms with Crippen LogP contribution in [0.5, 0.6) is 0 Å². The number of amides is 1. The Morgan fingerprint density at radius 1 is 0.871 bits per heavy atom. The van der Waals surface area contributed by atoms with Crippen LogP contribution in [0.1, 0.15) is 25.5 Å². The van der Waals surface area contributed by atoms with Crippen LogP contribution < -0.4 is 5.32 Å². The highest BCUT2D eigenvalue weighted by Crippen LogP contribution is 2.33. The van der Waals surface area contributed by atoms with E-state index >= 15 is 0 Å². The molecule has 4 rings (SSSR count). The van der Waals surface area contributed by atoms with Crippen molar-refractivity contribution in [2.75, 3.05) is 0 Å². The standard InChI is InChI=1S/C25H22FN3OS/c1-16(18-8-4-3-5-9-18)27-24(30)17(2)31-25-22-11-7-6-10-21(22)23(28-29-25)19-12-14-20(26)15-13-19/h3-17H,1-2H3,(H,27,30). The summed E-state index contributed by atoms with van der Waals surface area (Å²) in [7, 11) is 0. The van der Waals surface area contributed by atoms with Crippen LogP contribution >= 0.6 is 11.8 Å². The summed E-state index contributed by atoms with van der Waals surface area (Å²) in [6.45, 7) is 3.83. The Bertz CT molecular complexity index is 1200. The zero-order valence-corrected chi connectivity index (χ0v) is 18.1. The second kappa shape index (κ2) is 9.27. The van der Waals surface area contributed by atoms with Gasteiger partial charge in [-0.3, -0.25) is 4.79 Å². The number of nitrogens with zero attached hydrogens (tertiary/aromatic N) is 2. The predicted molar refractivity (Wildman–Crippen MR) is 123 cm³/mol. The molecule has 0 aliphatic rings. The Labute approximate surface area is 184 Å². The maximum atomic E-state index is 13.3. The molecule has 4 nitrogen and oxygen atoms in total. The zero-order valence-electron chi connectivity index (χ0n) is 17.2. The molecule has 2 atom stereocenters. The van der Waals surface area contributed by atoms with Crippen molar-refractivity contribution in [1.82, 2.24) is 15.5 Å². The molecular formula is C25H22FN3OS. The van der Waals surface area contributed by atoms with E-state index < -0.39 is 0 Å². The van der Waals surface area contributed by atoms with Crippen molar-refractivity contribution in [1.29, 1.82) is 0 Å². The van der Waals surface area contributed by atoms with Crippen molar-refractivity contribution >= 4 is 28.4 Å². The first-order chi connectivity index (χ1) is 15.0. The van der Waals surface area contributed by atoms with E-state index in [1.165, 1.54) is 23.9 Å². The number of carbonyl (C=O) groups is 1. The average Bonchev–Trinajstić information content (AvgIpc) is 2.80. The number of aromatic nitrogens is 2. The van der Waals surface area contributed by atoms with Gasteiger partial charge in [-0.15, -0.1) is 10.2 Å². The first-order valence-electron chi connectivity index (χ1n) is 10.1. The number of hydrogen-bond acceptors (Lipinski definition) is 4. The van der Waals surface area contributed by atoms with E-state index in [-0.39, 0.29) is 23.0 Å². The molecule has 0 saturated carbocycles. The number of halogens is 1. The second-order valence-electron chi connectivity index (χ2n) is 7.31. The van der Waals surface area contributed by atoms with Crippen LogP contribution in [0.3, 0.4) is 0 Å². The van der Waals surface area contributed by atoms with Gasteiger partial charge in [0.2, 0.25) is 5.91 Å². The Balaban J connectivity index is 1.56. The van der Waals surface area contributed by atoms with Gasteiger partial charge in [-0.05, 0) is 43.7 Å². The zero-order chi connectivity index (χ0) is 21.8. The van der Waals surface area contributed by atoms with E-state index in [4.69, 9.17) is 0 Å². The van der Waals surface area contributed by atoms with E-state index in [9.17, 15) is 9.18 Å². The van der Waals surface area contributed by atoms with Gasteiger partial charge in [-0.25, -0.2) is 4.39 Å². The van der Waals surface area contributed by atoms with Gasteiger partial charge < -0.3 is 5.32 Å². The maximum absolute atomic E-state index is 13.3. The number of hydrogen-bond donors (Lipinski definition) is 1. The topological polar surface area (TPSA) is 54.9 Å². The SMILES string of the molecule is CC(Sc1nnc(-c2ccc(F)cc2)c2ccccc12)C(=O)NC(C)c1ccccc1. The highest BCUT2D eigenvalue weighted by molar-refractivity contribution is 8.00. The van der Waals surface area contributed by atoms with Crippen LogP contribution in [0.15, 0.2) is 83.9 Å². The summed E-state index contributed by atoms with van der Waals surface area (Å²) in [5, 5.41) is 14.0. The molecule has 0 aliphatic carbocycles. The van der Waals surface area contributed by atoms with Gasteiger partial charge in [0.1, 0.15) is 16.5 Å². The van der Waals surface area contributed by atoms with Crippen LogP contribution in [0.2, 0.25) is 0 Å². The van der Waals surface area contributed by atoms with E-state index in [1.54, 1.807) is 12.1 Å². The molecule has 1 N–H and O–H groups in total. The number of fused-ring (bicyclic) bond motifs is 1. The van der Waals surface area contributed by atoms with E-state index in [0.29, 0.717) is 10.7 Å². The number of benzene rings is 3. The fourth-order valence-electron chi connectivity index (χ4n) is 3.36. The molecule has 0 spiro atoms. The summed E-state index contributed by atoms with van der Waals surface area (Å²) in [6.07, 6.45) is 0. The summed E-state index contributed by atoms with van der Waals surface area (Å²) >= 11 is 1.38. The molecule has 0 radical (unpaired) electrons. The molecule has 4 aromatic rings. The molecular weight excluding hydrogens is 409 g/mol. The fourth-order valence-corrected chi connectivity index (χ4v) is 4.27. The van der Waals surface area contributed by atoms with Crippen molar-refractivity contribution in [3.63, 3.8) is 0 Å². The molecule has 0 saturated heterocycles. The van der Waals surface area contributed by atoms with Crippen molar-refractivity contribution in [3.05, 3.63) is 90.2 Å². The molecule has 6 heteroatoms. The molecule has 3 aromatic carbocycles. The van der Waals surface area contributed by atoms with Gasteiger partial charge >= 0.3 is 0 Å². The maximum Gasteiger partial charge on any atom is 0.233 e. The lowest BCUT2D eigenvalue weighted by Gasteiger charge is -2.18. The Kier molecular flexibility index (Phi) is 6.28. The van der Waals surface area contributed by atoms with Crippen LogP contribution in [-0.4, -0.2) is 21.4 Å². The number of nitrogens with one attached hydrogen (secondary N) is 1. The third kappa shape index (κ3) is 4.75. The first-order valence-corrected chi connectivity index (χ1v) is 10.9. The van der Waals surface area contributed by atoms with Gasteiger partial charge in [-0.1, -0.05) is 66.4 Å². The molecule has 156 valence electrons. The second-order valence-corrected chi connectivity index (χ2v) is 8.64. The minimum atomic E-state index is -0.347. The highest BCUT2D eigenvalue weighted by atomic mass is 32.2. The smallest absolute Gasteiger partial charge is 0.233 e.